The first-order valence-corrected chi connectivity index (χ1v) is 11.2. The van der Waals surface area contributed by atoms with Crippen LogP contribution in [0.25, 0.3) is 5.69 Å². The van der Waals surface area contributed by atoms with Crippen LogP contribution in [-0.2, 0) is 21.9 Å². The Bertz CT molecular complexity index is 1230. The van der Waals surface area contributed by atoms with Crippen molar-refractivity contribution in [2.45, 2.75) is 6.92 Å². The van der Waals surface area contributed by atoms with Crippen LogP contribution in [-0.4, -0.2) is 36.5 Å². The Balaban J connectivity index is 1.90. The number of nitrogens with zero attached hydrogens (tertiary/aromatic N) is 3. The van der Waals surface area contributed by atoms with E-state index in [-0.39, 0.29) is 5.69 Å². The fraction of sp³-hybridized carbons (Fsp3) is 0.200. The summed E-state index contributed by atoms with van der Waals surface area (Å²) in [6.07, 6.45) is 1.01. The van der Waals surface area contributed by atoms with Crippen molar-refractivity contribution < 1.29 is 13.2 Å². The first kappa shape index (κ1) is 21.7. The molecule has 0 saturated carbocycles. The Hall–Kier alpha value is -3.04. The number of benzene rings is 2. The normalized spacial score (nSPS) is 11.3. The predicted molar refractivity (Wildman–Crippen MR) is 118 cm³/mol. The van der Waals surface area contributed by atoms with Crippen LogP contribution < -0.4 is 15.2 Å². The molecule has 0 fully saturated rings. The van der Waals surface area contributed by atoms with Crippen molar-refractivity contribution in [2.24, 2.45) is 7.05 Å². The van der Waals surface area contributed by atoms with Crippen molar-refractivity contribution in [3.05, 3.63) is 75.7 Å². The van der Waals surface area contributed by atoms with Gasteiger partial charge in [-0.05, 0) is 43.3 Å². The summed E-state index contributed by atoms with van der Waals surface area (Å²) in [5, 5.41) is 3.01. The lowest BCUT2D eigenvalue weighted by molar-refractivity contribution is -0.114. The zero-order valence-corrected chi connectivity index (χ0v) is 18.2. The van der Waals surface area contributed by atoms with Gasteiger partial charge in [0.05, 0.1) is 23.3 Å². The molecular formula is C20H21ClN4O4S. The molecule has 1 N–H and O–H groups in total. The van der Waals surface area contributed by atoms with Gasteiger partial charge in [0, 0.05) is 12.1 Å². The molecule has 3 rings (SSSR count). The van der Waals surface area contributed by atoms with Gasteiger partial charge < -0.3 is 5.32 Å². The zero-order chi connectivity index (χ0) is 22.1. The average molecular weight is 449 g/mol. The van der Waals surface area contributed by atoms with E-state index in [0.717, 1.165) is 10.6 Å². The Morgan fingerprint density at radius 3 is 2.27 bits per heavy atom. The van der Waals surface area contributed by atoms with E-state index < -0.39 is 28.0 Å². The molecule has 0 radical (unpaired) electrons. The number of hydrogen-bond acceptors (Lipinski definition) is 4. The minimum Gasteiger partial charge on any atom is -0.318 e. The largest absolute Gasteiger partial charge is 0.318 e. The second kappa shape index (κ2) is 8.37. The van der Waals surface area contributed by atoms with Crippen molar-refractivity contribution in [2.75, 3.05) is 22.4 Å². The van der Waals surface area contributed by atoms with Gasteiger partial charge in [0.1, 0.15) is 12.2 Å². The molecule has 0 aliphatic carbocycles. The molecule has 2 aromatic carbocycles. The number of sulfonamides is 1. The number of para-hydroxylation sites is 1. The van der Waals surface area contributed by atoms with E-state index in [2.05, 4.69) is 5.32 Å². The molecule has 1 heterocycles. The van der Waals surface area contributed by atoms with Gasteiger partial charge in [-0.1, -0.05) is 29.8 Å². The van der Waals surface area contributed by atoms with Crippen LogP contribution in [0.3, 0.4) is 0 Å². The molecule has 158 valence electrons. The standard InChI is InChI=1S/C20H21ClN4O4S/c1-14-19(20(27)25(23(14)2)17-7-5-4-6-8-17)22-18(26)13-24(30(3,28)29)16-11-9-15(21)10-12-16/h4-12H,13H2,1-3H3,(H,22,26). The monoisotopic (exact) mass is 448 g/mol. The van der Waals surface area contributed by atoms with Gasteiger partial charge in [-0.25, -0.2) is 13.1 Å². The fourth-order valence-electron chi connectivity index (χ4n) is 3.03. The molecule has 0 saturated heterocycles. The molecule has 30 heavy (non-hydrogen) atoms. The summed E-state index contributed by atoms with van der Waals surface area (Å²) in [6.45, 7) is 1.21. The maximum Gasteiger partial charge on any atom is 0.295 e. The summed E-state index contributed by atoms with van der Waals surface area (Å²) < 4.78 is 28.5. The minimum atomic E-state index is -3.74. The zero-order valence-electron chi connectivity index (χ0n) is 16.7. The van der Waals surface area contributed by atoms with Crippen LogP contribution in [0, 0.1) is 6.92 Å². The van der Waals surface area contributed by atoms with Crippen molar-refractivity contribution in [3.8, 4) is 5.69 Å². The maximum absolute atomic E-state index is 12.9. The third kappa shape index (κ3) is 4.42. The van der Waals surface area contributed by atoms with E-state index in [1.165, 1.54) is 28.9 Å². The summed E-state index contributed by atoms with van der Waals surface area (Å²) in [6, 6.07) is 15.1. The molecule has 3 aromatic rings. The number of amides is 1. The Morgan fingerprint density at radius 1 is 1.10 bits per heavy atom. The number of nitrogens with one attached hydrogen (secondary N) is 1. The molecule has 8 nitrogen and oxygen atoms in total. The van der Waals surface area contributed by atoms with Gasteiger partial charge in [0.15, 0.2) is 0 Å². The Kier molecular flexibility index (Phi) is 6.04. The van der Waals surface area contributed by atoms with Gasteiger partial charge in [0.25, 0.3) is 5.56 Å². The summed E-state index contributed by atoms with van der Waals surface area (Å²) >= 11 is 5.86. The first-order valence-electron chi connectivity index (χ1n) is 8.96. The molecule has 0 unspecified atom stereocenters. The number of carbonyl (C=O) groups is 1. The Labute approximate surface area is 179 Å². The van der Waals surface area contributed by atoms with E-state index in [0.29, 0.717) is 22.1 Å². The highest BCUT2D eigenvalue weighted by molar-refractivity contribution is 7.92. The molecule has 1 amide bonds. The highest BCUT2D eigenvalue weighted by Gasteiger charge is 2.23. The summed E-state index contributed by atoms with van der Waals surface area (Å²) in [5.41, 5.74) is 1.16. The number of aromatic nitrogens is 2. The summed E-state index contributed by atoms with van der Waals surface area (Å²) in [4.78, 5) is 25.6. The third-order valence-corrected chi connectivity index (χ3v) is 6.01. The quantitative estimate of drug-likeness (QED) is 0.627. The van der Waals surface area contributed by atoms with Gasteiger partial charge >= 0.3 is 0 Å². The van der Waals surface area contributed by atoms with Crippen LogP contribution >= 0.6 is 11.6 Å². The SMILES string of the molecule is Cc1c(NC(=O)CN(c2ccc(Cl)cc2)S(C)(=O)=O)c(=O)n(-c2ccccc2)n1C. The lowest BCUT2D eigenvalue weighted by atomic mass is 10.3. The fourth-order valence-corrected chi connectivity index (χ4v) is 4.01. The molecule has 10 heteroatoms. The second-order valence-electron chi connectivity index (χ2n) is 6.73. The topological polar surface area (TPSA) is 93.4 Å². The highest BCUT2D eigenvalue weighted by atomic mass is 35.5. The number of anilines is 2. The number of rotatable bonds is 6. The van der Waals surface area contributed by atoms with Gasteiger partial charge in [-0.3, -0.25) is 18.6 Å². The van der Waals surface area contributed by atoms with Crippen LogP contribution in [0.4, 0.5) is 11.4 Å². The van der Waals surface area contributed by atoms with Gasteiger partial charge in [0.2, 0.25) is 15.9 Å². The van der Waals surface area contributed by atoms with E-state index in [4.69, 9.17) is 11.6 Å². The molecule has 0 atom stereocenters. The Morgan fingerprint density at radius 2 is 1.70 bits per heavy atom. The average Bonchev–Trinajstić information content (AvgIpc) is 2.90. The molecular weight excluding hydrogens is 428 g/mol. The maximum atomic E-state index is 12.9. The number of halogens is 1. The van der Waals surface area contributed by atoms with E-state index in [1.54, 1.807) is 42.9 Å². The van der Waals surface area contributed by atoms with Crippen molar-refractivity contribution in [1.82, 2.24) is 9.36 Å². The van der Waals surface area contributed by atoms with Crippen LogP contribution in [0.5, 0.6) is 0 Å². The number of carbonyl (C=O) groups excluding carboxylic acids is 1. The molecule has 0 aliphatic rings. The lowest BCUT2D eigenvalue weighted by Crippen LogP contribution is -2.38. The lowest BCUT2D eigenvalue weighted by Gasteiger charge is -2.21. The molecule has 0 spiro atoms. The molecule has 1 aromatic heterocycles. The van der Waals surface area contributed by atoms with E-state index in [9.17, 15) is 18.0 Å². The van der Waals surface area contributed by atoms with E-state index >= 15 is 0 Å². The molecule has 0 aliphatic heterocycles. The summed E-state index contributed by atoms with van der Waals surface area (Å²) in [5.74, 6) is -0.638. The van der Waals surface area contributed by atoms with Crippen LogP contribution in [0.1, 0.15) is 5.69 Å². The third-order valence-electron chi connectivity index (χ3n) is 4.62. The van der Waals surface area contributed by atoms with Crippen molar-refractivity contribution in [3.63, 3.8) is 0 Å². The number of hydrogen-bond donors (Lipinski definition) is 1. The first-order chi connectivity index (χ1) is 14.1. The van der Waals surface area contributed by atoms with Crippen LogP contribution in [0.2, 0.25) is 5.02 Å². The van der Waals surface area contributed by atoms with Gasteiger partial charge in [-0.15, -0.1) is 0 Å². The minimum absolute atomic E-state index is 0.0934. The molecule has 0 bridgehead atoms. The predicted octanol–water partition coefficient (Wildman–Crippen LogP) is 2.54. The van der Waals surface area contributed by atoms with Crippen LogP contribution in [0.15, 0.2) is 59.4 Å². The second-order valence-corrected chi connectivity index (χ2v) is 9.07. The van der Waals surface area contributed by atoms with Crippen molar-refractivity contribution >= 4 is 38.9 Å². The highest BCUT2D eigenvalue weighted by Crippen LogP contribution is 2.21. The van der Waals surface area contributed by atoms with Crippen molar-refractivity contribution in [1.29, 1.82) is 0 Å². The van der Waals surface area contributed by atoms with E-state index in [1.807, 2.05) is 6.07 Å². The summed E-state index contributed by atoms with van der Waals surface area (Å²) in [7, 11) is -2.04. The smallest absolute Gasteiger partial charge is 0.295 e. The van der Waals surface area contributed by atoms with Gasteiger partial charge in [-0.2, -0.15) is 0 Å².